The summed E-state index contributed by atoms with van der Waals surface area (Å²) in [6.45, 7) is 4.03. The lowest BCUT2D eigenvalue weighted by molar-refractivity contribution is 0.212. The van der Waals surface area contributed by atoms with Crippen molar-refractivity contribution in [3.05, 3.63) is 0 Å². The zero-order chi connectivity index (χ0) is 7.28. The van der Waals surface area contributed by atoms with Gasteiger partial charge in [0.05, 0.1) is 10.5 Å². The second kappa shape index (κ2) is 4.79. The van der Waals surface area contributed by atoms with Crippen LogP contribution in [0.4, 0.5) is 0 Å². The van der Waals surface area contributed by atoms with Gasteiger partial charge in [-0.2, -0.15) is 0 Å². The molecule has 0 aromatic rings. The van der Waals surface area contributed by atoms with Gasteiger partial charge in [0, 0.05) is 0 Å². The van der Waals surface area contributed by atoms with Gasteiger partial charge >= 0.3 is 0 Å². The molecule has 0 aromatic heterocycles. The van der Waals surface area contributed by atoms with E-state index >= 15 is 0 Å². The molecule has 0 saturated heterocycles. The van der Waals surface area contributed by atoms with E-state index in [9.17, 15) is 0 Å². The summed E-state index contributed by atoms with van der Waals surface area (Å²) in [5.41, 5.74) is 0.986. The molecule has 0 N–H and O–H groups in total. The van der Waals surface area contributed by atoms with E-state index in [1.54, 1.807) is 7.11 Å². The summed E-state index contributed by atoms with van der Waals surface area (Å²) in [6.07, 6.45) is 1.04. The quantitative estimate of drug-likeness (QED) is 0.383. The fourth-order valence-corrected chi connectivity index (χ4v) is 0.580. The average Bonchev–Trinajstić information content (AvgIpc) is 1.87. The second-order valence-corrected chi connectivity index (χ2v) is 2.90. The van der Waals surface area contributed by atoms with Crippen molar-refractivity contribution in [2.75, 3.05) is 7.11 Å². The molecule has 2 nitrogen and oxygen atoms in total. The number of hydrogen-bond acceptors (Lipinski definition) is 2. The molecule has 0 saturated carbocycles. The Balaban J connectivity index is 3.70. The first-order valence-corrected chi connectivity index (χ1v) is 3.85. The Morgan fingerprint density at radius 2 is 2.33 bits per heavy atom. The molecule has 9 heavy (non-hydrogen) atoms. The molecular weight excluding hydrogens is 182 g/mol. The average molecular weight is 194 g/mol. The van der Waals surface area contributed by atoms with Crippen LogP contribution in [0.15, 0.2) is 5.16 Å². The van der Waals surface area contributed by atoms with Crippen molar-refractivity contribution in [3.8, 4) is 0 Å². The van der Waals surface area contributed by atoms with Crippen molar-refractivity contribution in [2.24, 2.45) is 5.16 Å². The first-order valence-electron chi connectivity index (χ1n) is 2.94. The summed E-state index contributed by atoms with van der Waals surface area (Å²) in [5.74, 6) is 0. The van der Waals surface area contributed by atoms with Gasteiger partial charge in [-0.3, -0.25) is 0 Å². The minimum Gasteiger partial charge on any atom is -0.399 e. The molecule has 0 rings (SSSR count). The van der Waals surface area contributed by atoms with Crippen molar-refractivity contribution in [3.63, 3.8) is 0 Å². The topological polar surface area (TPSA) is 21.6 Å². The van der Waals surface area contributed by atoms with Crippen LogP contribution >= 0.6 is 15.9 Å². The Hall–Kier alpha value is -0.0500. The van der Waals surface area contributed by atoms with Crippen LogP contribution in [0.5, 0.6) is 0 Å². The van der Waals surface area contributed by atoms with E-state index in [1.807, 2.05) is 6.92 Å². The number of rotatable bonds is 3. The predicted octanol–water partition coefficient (Wildman–Crippen LogP) is 2.18. The molecule has 0 aromatic carbocycles. The molecule has 54 valence electrons. The normalized spacial score (nSPS) is 15.3. The zero-order valence-corrected chi connectivity index (χ0v) is 7.60. The molecular formula is C6H12BrNO. The van der Waals surface area contributed by atoms with Gasteiger partial charge in [-0.25, -0.2) is 0 Å². The van der Waals surface area contributed by atoms with Crippen molar-refractivity contribution in [2.45, 2.75) is 25.1 Å². The molecule has 0 heterocycles. The highest BCUT2D eigenvalue weighted by molar-refractivity contribution is 9.10. The van der Waals surface area contributed by atoms with Crippen LogP contribution in [0.25, 0.3) is 0 Å². The number of nitrogens with zero attached hydrogens (tertiary/aromatic N) is 1. The van der Waals surface area contributed by atoms with E-state index in [-0.39, 0.29) is 0 Å². The molecule has 0 aliphatic heterocycles. The van der Waals surface area contributed by atoms with Crippen LogP contribution in [-0.4, -0.2) is 17.6 Å². The van der Waals surface area contributed by atoms with Gasteiger partial charge in [0.1, 0.15) is 7.11 Å². The molecule has 0 bridgehead atoms. The number of hydrogen-bond donors (Lipinski definition) is 0. The van der Waals surface area contributed by atoms with Crippen LogP contribution < -0.4 is 0 Å². The van der Waals surface area contributed by atoms with E-state index in [0.717, 1.165) is 12.1 Å². The summed E-state index contributed by atoms with van der Waals surface area (Å²) in [5, 5.41) is 3.77. The summed E-state index contributed by atoms with van der Waals surface area (Å²) in [6, 6.07) is 0. The van der Waals surface area contributed by atoms with Gasteiger partial charge in [0.15, 0.2) is 0 Å². The fraction of sp³-hybridized carbons (Fsp3) is 0.833. The molecule has 1 unspecified atom stereocenters. The van der Waals surface area contributed by atoms with E-state index < -0.39 is 0 Å². The van der Waals surface area contributed by atoms with Crippen LogP contribution in [0.2, 0.25) is 0 Å². The molecule has 0 spiro atoms. The smallest absolute Gasteiger partial charge is 0.106 e. The van der Waals surface area contributed by atoms with E-state index in [4.69, 9.17) is 0 Å². The number of alkyl halides is 1. The Morgan fingerprint density at radius 3 is 2.67 bits per heavy atom. The predicted molar refractivity (Wildman–Crippen MR) is 43.1 cm³/mol. The van der Waals surface area contributed by atoms with Crippen LogP contribution in [0, 0.1) is 0 Å². The molecule has 0 fully saturated rings. The van der Waals surface area contributed by atoms with Crippen LogP contribution in [0.3, 0.4) is 0 Å². The first-order chi connectivity index (χ1) is 4.22. The van der Waals surface area contributed by atoms with Gasteiger partial charge in [-0.15, -0.1) is 0 Å². The maximum absolute atomic E-state index is 4.58. The minimum absolute atomic E-state index is 0.359. The van der Waals surface area contributed by atoms with Crippen LogP contribution in [-0.2, 0) is 4.84 Å². The molecule has 0 aliphatic rings. The SMILES string of the molecule is CCC(Br)/C(C)=N/OC. The maximum atomic E-state index is 4.58. The van der Waals surface area contributed by atoms with Gasteiger partial charge in [0.2, 0.25) is 0 Å². The fourth-order valence-electron chi connectivity index (χ4n) is 0.497. The summed E-state index contributed by atoms with van der Waals surface area (Å²) >= 11 is 3.43. The Kier molecular flexibility index (Phi) is 4.77. The minimum atomic E-state index is 0.359. The zero-order valence-electron chi connectivity index (χ0n) is 6.02. The molecule has 0 radical (unpaired) electrons. The summed E-state index contributed by atoms with van der Waals surface area (Å²) in [4.78, 5) is 4.94. The summed E-state index contributed by atoms with van der Waals surface area (Å²) < 4.78 is 0. The highest BCUT2D eigenvalue weighted by Gasteiger charge is 2.03. The number of halogens is 1. The van der Waals surface area contributed by atoms with E-state index in [2.05, 4.69) is 32.8 Å². The van der Waals surface area contributed by atoms with Gasteiger partial charge < -0.3 is 4.84 Å². The maximum Gasteiger partial charge on any atom is 0.106 e. The Morgan fingerprint density at radius 1 is 1.78 bits per heavy atom. The second-order valence-electron chi connectivity index (χ2n) is 1.79. The van der Waals surface area contributed by atoms with Crippen molar-refractivity contribution < 1.29 is 4.84 Å². The molecule has 0 amide bonds. The van der Waals surface area contributed by atoms with Crippen molar-refractivity contribution in [1.82, 2.24) is 0 Å². The lowest BCUT2D eigenvalue weighted by atomic mass is 10.2. The van der Waals surface area contributed by atoms with Gasteiger partial charge in [0.25, 0.3) is 0 Å². The third-order valence-corrected chi connectivity index (χ3v) is 2.36. The highest BCUT2D eigenvalue weighted by atomic mass is 79.9. The van der Waals surface area contributed by atoms with Gasteiger partial charge in [-0.05, 0) is 13.3 Å². The standard InChI is InChI=1S/C6H12BrNO/c1-4-6(7)5(2)8-9-3/h6H,4H2,1-3H3/b8-5+. The third-order valence-electron chi connectivity index (χ3n) is 1.05. The van der Waals surface area contributed by atoms with Crippen LogP contribution in [0.1, 0.15) is 20.3 Å². The largest absolute Gasteiger partial charge is 0.399 e. The lowest BCUT2D eigenvalue weighted by Crippen LogP contribution is -2.08. The van der Waals surface area contributed by atoms with Crippen molar-refractivity contribution >= 4 is 21.6 Å². The molecule has 0 aliphatic carbocycles. The number of oxime groups is 1. The lowest BCUT2D eigenvalue weighted by Gasteiger charge is -2.02. The first kappa shape index (κ1) is 8.95. The van der Waals surface area contributed by atoms with Gasteiger partial charge in [-0.1, -0.05) is 28.0 Å². The summed E-state index contributed by atoms with van der Waals surface area (Å²) in [7, 11) is 1.55. The van der Waals surface area contributed by atoms with E-state index in [1.165, 1.54) is 0 Å². The monoisotopic (exact) mass is 193 g/mol. The highest BCUT2D eigenvalue weighted by Crippen LogP contribution is 2.06. The van der Waals surface area contributed by atoms with Crippen molar-refractivity contribution in [1.29, 1.82) is 0 Å². The Bertz CT molecular complexity index is 103. The molecule has 3 heteroatoms. The Labute approximate surface area is 64.4 Å². The molecule has 1 atom stereocenters. The van der Waals surface area contributed by atoms with E-state index in [0.29, 0.717) is 4.83 Å². The third kappa shape index (κ3) is 3.51.